The third kappa shape index (κ3) is 4.26. The molecule has 0 radical (unpaired) electrons. The number of rotatable bonds is 5. The monoisotopic (exact) mass is 301 g/mol. The first-order valence-electron chi connectivity index (χ1n) is 6.73. The molecule has 2 aromatic carbocycles. The van der Waals surface area contributed by atoms with Gasteiger partial charge in [-0.15, -0.1) is 11.8 Å². The topological polar surface area (TPSA) is 38.3 Å². The lowest BCUT2D eigenvalue weighted by Crippen LogP contribution is -2.14. The average molecular weight is 301 g/mol. The predicted molar refractivity (Wildman–Crippen MR) is 88.3 cm³/mol. The van der Waals surface area contributed by atoms with Gasteiger partial charge in [-0.25, -0.2) is 0 Å². The zero-order valence-corrected chi connectivity index (χ0v) is 13.3. The van der Waals surface area contributed by atoms with Crippen LogP contribution < -0.4 is 10.1 Å². The van der Waals surface area contributed by atoms with Crippen molar-refractivity contribution < 1.29 is 9.53 Å². The van der Waals surface area contributed by atoms with E-state index >= 15 is 0 Å². The second kappa shape index (κ2) is 7.18. The molecule has 0 saturated heterocycles. The van der Waals surface area contributed by atoms with Crippen molar-refractivity contribution in [1.82, 2.24) is 0 Å². The van der Waals surface area contributed by atoms with Gasteiger partial charge in [0.2, 0.25) is 5.91 Å². The van der Waals surface area contributed by atoms with Crippen molar-refractivity contribution in [2.75, 3.05) is 18.2 Å². The van der Waals surface area contributed by atoms with Gasteiger partial charge in [-0.05, 0) is 49.2 Å². The summed E-state index contributed by atoms with van der Waals surface area (Å²) < 4.78 is 5.22. The van der Waals surface area contributed by atoms with E-state index in [1.54, 1.807) is 7.11 Å². The van der Waals surface area contributed by atoms with Gasteiger partial charge in [-0.1, -0.05) is 18.2 Å². The lowest BCUT2D eigenvalue weighted by Gasteiger charge is -2.10. The molecule has 2 rings (SSSR count). The molecule has 0 aliphatic carbocycles. The molecule has 4 heteroatoms. The van der Waals surface area contributed by atoms with Crippen LogP contribution in [0.3, 0.4) is 0 Å². The fourth-order valence-corrected chi connectivity index (χ4v) is 2.68. The van der Waals surface area contributed by atoms with E-state index in [1.165, 1.54) is 22.9 Å². The Bertz CT molecular complexity index is 640. The molecule has 0 aliphatic heterocycles. The minimum absolute atomic E-state index is 0.0391. The molecular formula is C17H19NO2S. The van der Waals surface area contributed by atoms with Gasteiger partial charge in [-0.3, -0.25) is 4.79 Å². The SMILES string of the molecule is COc1ccccc1NC(=O)CSc1ccc(C)c(C)c1. The van der Waals surface area contributed by atoms with E-state index in [0.717, 1.165) is 4.90 Å². The van der Waals surface area contributed by atoms with Gasteiger partial charge in [0.15, 0.2) is 0 Å². The molecule has 0 saturated carbocycles. The normalized spacial score (nSPS) is 10.2. The van der Waals surface area contributed by atoms with Crippen molar-refractivity contribution in [3.8, 4) is 5.75 Å². The van der Waals surface area contributed by atoms with Crippen LogP contribution in [-0.4, -0.2) is 18.8 Å². The molecule has 0 heterocycles. The molecule has 0 aromatic heterocycles. The number of nitrogens with one attached hydrogen (secondary N) is 1. The molecule has 3 nitrogen and oxygen atoms in total. The average Bonchev–Trinajstić information content (AvgIpc) is 2.49. The van der Waals surface area contributed by atoms with E-state index in [1.807, 2.05) is 30.3 Å². The summed E-state index contributed by atoms with van der Waals surface area (Å²) in [6.45, 7) is 4.16. The van der Waals surface area contributed by atoms with Gasteiger partial charge in [0.05, 0.1) is 18.6 Å². The largest absolute Gasteiger partial charge is 0.495 e. The number of thioether (sulfide) groups is 1. The Hall–Kier alpha value is -1.94. The van der Waals surface area contributed by atoms with Gasteiger partial charge >= 0.3 is 0 Å². The maximum Gasteiger partial charge on any atom is 0.234 e. The van der Waals surface area contributed by atoms with E-state index in [2.05, 4.69) is 31.3 Å². The van der Waals surface area contributed by atoms with Crippen molar-refractivity contribution in [2.45, 2.75) is 18.7 Å². The molecule has 1 N–H and O–H groups in total. The van der Waals surface area contributed by atoms with E-state index in [-0.39, 0.29) is 5.91 Å². The van der Waals surface area contributed by atoms with Crippen molar-refractivity contribution >= 4 is 23.4 Å². The Kier molecular flexibility index (Phi) is 5.28. The number of amides is 1. The number of carbonyl (C=O) groups excluding carboxylic acids is 1. The van der Waals surface area contributed by atoms with Crippen molar-refractivity contribution in [1.29, 1.82) is 0 Å². The van der Waals surface area contributed by atoms with Crippen LogP contribution in [-0.2, 0) is 4.79 Å². The number of hydrogen-bond donors (Lipinski definition) is 1. The van der Waals surface area contributed by atoms with Gasteiger partial charge in [-0.2, -0.15) is 0 Å². The van der Waals surface area contributed by atoms with Gasteiger partial charge < -0.3 is 10.1 Å². The first-order valence-corrected chi connectivity index (χ1v) is 7.71. The summed E-state index contributed by atoms with van der Waals surface area (Å²) in [6.07, 6.45) is 0. The lowest BCUT2D eigenvalue weighted by molar-refractivity contribution is -0.113. The Morgan fingerprint density at radius 1 is 1.14 bits per heavy atom. The summed E-state index contributed by atoms with van der Waals surface area (Å²) in [5.74, 6) is 1.00. The summed E-state index contributed by atoms with van der Waals surface area (Å²) in [6, 6.07) is 13.6. The summed E-state index contributed by atoms with van der Waals surface area (Å²) in [7, 11) is 1.59. The summed E-state index contributed by atoms with van der Waals surface area (Å²) in [5, 5.41) is 2.87. The second-order valence-electron chi connectivity index (χ2n) is 4.78. The fourth-order valence-electron chi connectivity index (χ4n) is 1.89. The summed E-state index contributed by atoms with van der Waals surface area (Å²) in [4.78, 5) is 13.1. The van der Waals surface area contributed by atoms with Gasteiger partial charge in [0.1, 0.15) is 5.75 Å². The van der Waals surface area contributed by atoms with Crippen LogP contribution in [0.2, 0.25) is 0 Å². The van der Waals surface area contributed by atoms with Crippen molar-refractivity contribution in [3.05, 3.63) is 53.6 Å². The highest BCUT2D eigenvalue weighted by Crippen LogP contribution is 2.24. The molecule has 0 spiro atoms. The number of para-hydroxylation sites is 2. The molecule has 110 valence electrons. The molecule has 0 unspecified atom stereocenters. The van der Waals surface area contributed by atoms with E-state index < -0.39 is 0 Å². The van der Waals surface area contributed by atoms with Crippen LogP contribution in [0, 0.1) is 13.8 Å². The van der Waals surface area contributed by atoms with Crippen LogP contribution in [0.5, 0.6) is 5.75 Å². The molecule has 0 atom stereocenters. The lowest BCUT2D eigenvalue weighted by atomic mass is 10.1. The van der Waals surface area contributed by atoms with Crippen LogP contribution >= 0.6 is 11.8 Å². The maximum absolute atomic E-state index is 12.0. The Balaban J connectivity index is 1.94. The van der Waals surface area contributed by atoms with Crippen molar-refractivity contribution in [3.63, 3.8) is 0 Å². The fraction of sp³-hybridized carbons (Fsp3) is 0.235. The molecule has 0 aliphatic rings. The first kappa shape index (κ1) is 15.4. The van der Waals surface area contributed by atoms with Gasteiger partial charge in [0, 0.05) is 4.90 Å². The Morgan fingerprint density at radius 2 is 1.90 bits per heavy atom. The van der Waals surface area contributed by atoms with Crippen LogP contribution in [0.4, 0.5) is 5.69 Å². The second-order valence-corrected chi connectivity index (χ2v) is 5.83. The quantitative estimate of drug-likeness (QED) is 0.847. The minimum Gasteiger partial charge on any atom is -0.495 e. The maximum atomic E-state index is 12.0. The highest BCUT2D eigenvalue weighted by atomic mass is 32.2. The first-order chi connectivity index (χ1) is 10.1. The summed E-state index contributed by atoms with van der Waals surface area (Å²) in [5.41, 5.74) is 3.20. The smallest absolute Gasteiger partial charge is 0.234 e. The standard InChI is InChI=1S/C17H19NO2S/c1-12-8-9-14(10-13(12)2)21-11-17(19)18-15-6-4-5-7-16(15)20-3/h4-10H,11H2,1-3H3,(H,18,19). The third-order valence-electron chi connectivity index (χ3n) is 3.23. The summed E-state index contributed by atoms with van der Waals surface area (Å²) >= 11 is 1.53. The Morgan fingerprint density at radius 3 is 2.62 bits per heavy atom. The number of anilines is 1. The number of aryl methyl sites for hydroxylation is 2. The number of carbonyl (C=O) groups is 1. The van der Waals surface area contributed by atoms with Crippen LogP contribution in [0.15, 0.2) is 47.4 Å². The number of methoxy groups -OCH3 is 1. The number of benzene rings is 2. The minimum atomic E-state index is -0.0391. The van der Waals surface area contributed by atoms with Crippen LogP contribution in [0.1, 0.15) is 11.1 Å². The highest BCUT2D eigenvalue weighted by molar-refractivity contribution is 8.00. The van der Waals surface area contributed by atoms with Crippen molar-refractivity contribution in [2.24, 2.45) is 0 Å². The molecule has 0 bridgehead atoms. The number of ether oxygens (including phenoxy) is 1. The molecule has 21 heavy (non-hydrogen) atoms. The van der Waals surface area contributed by atoms with E-state index in [0.29, 0.717) is 17.2 Å². The molecular weight excluding hydrogens is 282 g/mol. The molecule has 2 aromatic rings. The zero-order valence-electron chi connectivity index (χ0n) is 12.5. The third-order valence-corrected chi connectivity index (χ3v) is 4.22. The van der Waals surface area contributed by atoms with Gasteiger partial charge in [0.25, 0.3) is 0 Å². The van der Waals surface area contributed by atoms with Crippen LogP contribution in [0.25, 0.3) is 0 Å². The number of hydrogen-bond acceptors (Lipinski definition) is 3. The van der Waals surface area contributed by atoms with E-state index in [9.17, 15) is 4.79 Å². The van der Waals surface area contributed by atoms with E-state index in [4.69, 9.17) is 4.74 Å². The Labute approximate surface area is 129 Å². The highest BCUT2D eigenvalue weighted by Gasteiger charge is 2.07. The zero-order chi connectivity index (χ0) is 15.2. The molecule has 1 amide bonds. The molecule has 0 fully saturated rings. The predicted octanol–water partition coefficient (Wildman–Crippen LogP) is 4.04.